The van der Waals surface area contributed by atoms with Gasteiger partial charge in [0.05, 0.1) is 17.9 Å². The number of nitrogens with zero attached hydrogens (tertiary/aromatic N) is 2. The Morgan fingerprint density at radius 1 is 1.44 bits per heavy atom. The normalized spacial score (nSPS) is 19.8. The van der Waals surface area contributed by atoms with E-state index in [2.05, 4.69) is 27.7 Å². The largest absolute Gasteiger partial charge is 0.309 e. The van der Waals surface area contributed by atoms with Gasteiger partial charge in [0, 0.05) is 0 Å². The SMILES string of the molecule is CCNC(CC1CCCCC1)c1cn[nH]n1. The van der Waals surface area contributed by atoms with E-state index in [1.165, 1.54) is 38.5 Å². The molecular weight excluding hydrogens is 200 g/mol. The molecule has 2 N–H and O–H groups in total. The van der Waals surface area contributed by atoms with Gasteiger partial charge in [-0.25, -0.2) is 0 Å². The molecule has 4 heteroatoms. The minimum atomic E-state index is 0.381. The summed E-state index contributed by atoms with van der Waals surface area (Å²) in [6.07, 6.45) is 10.1. The maximum atomic E-state index is 4.20. The van der Waals surface area contributed by atoms with Gasteiger partial charge in [-0.1, -0.05) is 39.0 Å². The van der Waals surface area contributed by atoms with Gasteiger partial charge in [0.2, 0.25) is 0 Å². The summed E-state index contributed by atoms with van der Waals surface area (Å²) in [5, 5.41) is 14.3. The van der Waals surface area contributed by atoms with Crippen LogP contribution in [0.4, 0.5) is 0 Å². The van der Waals surface area contributed by atoms with Crippen LogP contribution >= 0.6 is 0 Å². The maximum Gasteiger partial charge on any atom is 0.0993 e. The monoisotopic (exact) mass is 222 g/mol. The minimum absolute atomic E-state index is 0.381. The fourth-order valence-corrected chi connectivity index (χ4v) is 2.69. The molecule has 90 valence electrons. The van der Waals surface area contributed by atoms with Gasteiger partial charge in [-0.05, 0) is 18.9 Å². The summed E-state index contributed by atoms with van der Waals surface area (Å²) in [4.78, 5) is 0. The molecule has 1 fully saturated rings. The molecule has 1 atom stereocenters. The highest BCUT2D eigenvalue weighted by molar-refractivity contribution is 5.00. The first kappa shape index (κ1) is 11.6. The lowest BCUT2D eigenvalue weighted by atomic mass is 9.84. The van der Waals surface area contributed by atoms with Crippen molar-refractivity contribution in [1.29, 1.82) is 0 Å². The van der Waals surface area contributed by atoms with Crippen LogP contribution in [0.1, 0.15) is 57.2 Å². The number of H-pyrrole nitrogens is 1. The molecule has 0 bridgehead atoms. The van der Waals surface area contributed by atoms with E-state index in [0.29, 0.717) is 6.04 Å². The van der Waals surface area contributed by atoms with Crippen LogP contribution in [0.15, 0.2) is 6.20 Å². The average molecular weight is 222 g/mol. The molecule has 1 aliphatic rings. The van der Waals surface area contributed by atoms with Crippen molar-refractivity contribution in [3.8, 4) is 0 Å². The summed E-state index contributed by atoms with van der Waals surface area (Å²) in [7, 11) is 0. The van der Waals surface area contributed by atoms with Crippen molar-refractivity contribution in [2.75, 3.05) is 6.54 Å². The summed E-state index contributed by atoms with van der Waals surface area (Å²) in [5.41, 5.74) is 1.06. The lowest BCUT2D eigenvalue weighted by molar-refractivity contribution is 0.299. The fraction of sp³-hybridized carbons (Fsp3) is 0.833. The zero-order valence-corrected chi connectivity index (χ0v) is 10.1. The highest BCUT2D eigenvalue weighted by atomic mass is 15.3. The second-order valence-corrected chi connectivity index (χ2v) is 4.74. The van der Waals surface area contributed by atoms with Crippen LogP contribution < -0.4 is 5.32 Å². The number of aromatic nitrogens is 3. The summed E-state index contributed by atoms with van der Waals surface area (Å²) in [6, 6.07) is 0.381. The third-order valence-corrected chi connectivity index (χ3v) is 3.53. The molecular formula is C12H22N4. The zero-order valence-electron chi connectivity index (χ0n) is 10.1. The number of nitrogens with one attached hydrogen (secondary N) is 2. The molecule has 0 amide bonds. The third-order valence-electron chi connectivity index (χ3n) is 3.53. The van der Waals surface area contributed by atoms with E-state index < -0.39 is 0 Å². The maximum absolute atomic E-state index is 4.20. The van der Waals surface area contributed by atoms with E-state index in [9.17, 15) is 0 Å². The van der Waals surface area contributed by atoms with Gasteiger partial charge in [-0.2, -0.15) is 15.4 Å². The van der Waals surface area contributed by atoms with Crippen molar-refractivity contribution in [1.82, 2.24) is 20.7 Å². The Kier molecular flexibility index (Phi) is 4.34. The highest BCUT2D eigenvalue weighted by Gasteiger charge is 2.20. The predicted octanol–water partition coefficient (Wildman–Crippen LogP) is 2.43. The Hall–Kier alpha value is -0.900. The van der Waals surface area contributed by atoms with Gasteiger partial charge in [0.15, 0.2) is 0 Å². The number of hydrogen-bond acceptors (Lipinski definition) is 3. The first-order valence-electron chi connectivity index (χ1n) is 6.49. The van der Waals surface area contributed by atoms with Crippen molar-refractivity contribution in [2.45, 2.75) is 51.5 Å². The van der Waals surface area contributed by atoms with Crippen molar-refractivity contribution in [2.24, 2.45) is 5.92 Å². The summed E-state index contributed by atoms with van der Waals surface area (Å²) >= 11 is 0. The van der Waals surface area contributed by atoms with Crippen LogP contribution in [0, 0.1) is 5.92 Å². The van der Waals surface area contributed by atoms with Gasteiger partial charge in [-0.15, -0.1) is 0 Å². The second kappa shape index (κ2) is 5.99. The zero-order chi connectivity index (χ0) is 11.2. The molecule has 1 aliphatic carbocycles. The average Bonchev–Trinajstić information content (AvgIpc) is 2.83. The number of hydrogen-bond donors (Lipinski definition) is 2. The molecule has 0 radical (unpaired) electrons. The molecule has 1 heterocycles. The first-order valence-corrected chi connectivity index (χ1v) is 6.49. The van der Waals surface area contributed by atoms with E-state index in [4.69, 9.17) is 0 Å². The van der Waals surface area contributed by atoms with Crippen LogP contribution in [0.3, 0.4) is 0 Å². The van der Waals surface area contributed by atoms with Gasteiger partial charge in [-0.3, -0.25) is 0 Å². The lowest BCUT2D eigenvalue weighted by Crippen LogP contribution is -2.24. The Morgan fingerprint density at radius 3 is 2.88 bits per heavy atom. The standard InChI is InChI=1S/C12H22N4/c1-2-13-11(12-9-14-16-15-12)8-10-6-4-3-5-7-10/h9-11,13H,2-8H2,1H3,(H,14,15,16). The van der Waals surface area contributed by atoms with Crippen LogP contribution in [0.25, 0.3) is 0 Å². The topological polar surface area (TPSA) is 53.6 Å². The van der Waals surface area contributed by atoms with Gasteiger partial charge < -0.3 is 5.32 Å². The highest BCUT2D eigenvalue weighted by Crippen LogP contribution is 2.31. The smallest absolute Gasteiger partial charge is 0.0993 e. The number of rotatable bonds is 5. The van der Waals surface area contributed by atoms with Crippen LogP contribution in [0.2, 0.25) is 0 Å². The van der Waals surface area contributed by atoms with Crippen molar-refractivity contribution in [3.05, 3.63) is 11.9 Å². The minimum Gasteiger partial charge on any atom is -0.309 e. The summed E-state index contributed by atoms with van der Waals surface area (Å²) in [6.45, 7) is 3.14. The van der Waals surface area contributed by atoms with Gasteiger partial charge in [0.25, 0.3) is 0 Å². The van der Waals surface area contributed by atoms with E-state index in [1.807, 2.05) is 6.20 Å². The van der Waals surface area contributed by atoms with Crippen molar-refractivity contribution < 1.29 is 0 Å². The van der Waals surface area contributed by atoms with E-state index in [1.54, 1.807) is 0 Å². The lowest BCUT2D eigenvalue weighted by Gasteiger charge is -2.25. The quantitative estimate of drug-likeness (QED) is 0.804. The molecule has 16 heavy (non-hydrogen) atoms. The molecule has 1 aromatic heterocycles. The Balaban J connectivity index is 1.91. The van der Waals surface area contributed by atoms with Crippen LogP contribution in [-0.4, -0.2) is 22.0 Å². The molecule has 0 aliphatic heterocycles. The molecule has 1 unspecified atom stereocenters. The Labute approximate surface area is 97.2 Å². The molecule has 1 aromatic rings. The summed E-state index contributed by atoms with van der Waals surface area (Å²) < 4.78 is 0. The van der Waals surface area contributed by atoms with Gasteiger partial charge in [0.1, 0.15) is 0 Å². The second-order valence-electron chi connectivity index (χ2n) is 4.74. The Morgan fingerprint density at radius 2 is 2.25 bits per heavy atom. The van der Waals surface area contributed by atoms with Gasteiger partial charge >= 0.3 is 0 Å². The van der Waals surface area contributed by atoms with Crippen molar-refractivity contribution in [3.63, 3.8) is 0 Å². The molecule has 4 nitrogen and oxygen atoms in total. The fourth-order valence-electron chi connectivity index (χ4n) is 2.69. The summed E-state index contributed by atoms with van der Waals surface area (Å²) in [5.74, 6) is 0.870. The number of aromatic amines is 1. The first-order chi connectivity index (χ1) is 7.90. The Bertz CT molecular complexity index is 277. The van der Waals surface area contributed by atoms with E-state index >= 15 is 0 Å². The molecule has 0 aromatic carbocycles. The van der Waals surface area contributed by atoms with E-state index in [0.717, 1.165) is 18.2 Å². The molecule has 1 saturated carbocycles. The molecule has 2 rings (SSSR count). The van der Waals surface area contributed by atoms with E-state index in [-0.39, 0.29) is 0 Å². The third kappa shape index (κ3) is 3.04. The van der Waals surface area contributed by atoms with Crippen molar-refractivity contribution >= 4 is 0 Å². The predicted molar refractivity (Wildman–Crippen MR) is 64.0 cm³/mol. The van der Waals surface area contributed by atoms with Crippen LogP contribution in [0.5, 0.6) is 0 Å². The molecule has 0 saturated heterocycles. The van der Waals surface area contributed by atoms with Crippen LogP contribution in [-0.2, 0) is 0 Å². The molecule has 0 spiro atoms.